The van der Waals surface area contributed by atoms with E-state index >= 15 is 0 Å². The van der Waals surface area contributed by atoms with Crippen LogP contribution in [0.4, 0.5) is 14.5 Å². The van der Waals surface area contributed by atoms with E-state index in [1.165, 1.54) is 25.0 Å². The first-order valence-corrected chi connectivity index (χ1v) is 12.3. The summed E-state index contributed by atoms with van der Waals surface area (Å²) in [5.41, 5.74) is 2.62. The molecule has 3 aliphatic rings. The topological polar surface area (TPSA) is 44.1 Å². The zero-order valence-corrected chi connectivity index (χ0v) is 19.2. The Kier molecular flexibility index (Phi) is 5.48. The average molecular weight is 466 g/mol. The second-order valence-electron chi connectivity index (χ2n) is 9.73. The predicted octanol–water partition coefficient (Wildman–Crippen LogP) is 4.26. The molecule has 0 N–H and O–H groups in total. The summed E-state index contributed by atoms with van der Waals surface area (Å²) in [4.78, 5) is 20.1. The van der Waals surface area contributed by atoms with Crippen LogP contribution in [0.25, 0.3) is 5.52 Å². The van der Waals surface area contributed by atoms with Crippen molar-refractivity contribution in [1.82, 2.24) is 19.4 Å². The number of rotatable bonds is 3. The number of benzene rings is 1. The Bertz CT molecular complexity index is 1230. The van der Waals surface area contributed by atoms with Gasteiger partial charge in [0.15, 0.2) is 0 Å². The van der Waals surface area contributed by atoms with E-state index in [0.29, 0.717) is 17.2 Å². The maximum Gasteiger partial charge on any atom is 0.257 e. The van der Waals surface area contributed by atoms with Gasteiger partial charge in [-0.3, -0.25) is 9.69 Å². The number of fused-ring (bicyclic) bond motifs is 2. The molecular formula is C26H29F2N5O. The maximum absolute atomic E-state index is 14.5. The summed E-state index contributed by atoms with van der Waals surface area (Å²) < 4.78 is 30.1. The number of carbonyl (C=O) groups excluding carboxylic acids is 1. The van der Waals surface area contributed by atoms with Crippen LogP contribution in [0.5, 0.6) is 0 Å². The van der Waals surface area contributed by atoms with Crippen LogP contribution in [0.3, 0.4) is 0 Å². The van der Waals surface area contributed by atoms with Crippen molar-refractivity contribution in [3.05, 3.63) is 65.5 Å². The van der Waals surface area contributed by atoms with Crippen molar-refractivity contribution in [1.29, 1.82) is 0 Å². The van der Waals surface area contributed by atoms with Crippen LogP contribution in [-0.2, 0) is 0 Å². The highest BCUT2D eigenvalue weighted by Gasteiger charge is 2.33. The molecule has 2 atom stereocenters. The summed E-state index contributed by atoms with van der Waals surface area (Å²) in [6.07, 6.45) is 8.77. The van der Waals surface area contributed by atoms with Gasteiger partial charge in [-0.05, 0) is 62.6 Å². The SMILES string of the molecule is O=C(c1cnn2ccc(N3CCC[C@@H]3c3cc(F)ccc3F)cc12)N1CCN2CCCCC2C1. The Morgan fingerprint density at radius 1 is 0.971 bits per heavy atom. The molecule has 0 radical (unpaired) electrons. The van der Waals surface area contributed by atoms with Crippen LogP contribution in [0.2, 0.25) is 0 Å². The number of nitrogens with zero attached hydrogens (tertiary/aromatic N) is 5. The van der Waals surface area contributed by atoms with E-state index in [9.17, 15) is 13.6 Å². The molecule has 3 aliphatic heterocycles. The highest BCUT2D eigenvalue weighted by molar-refractivity contribution is 6.01. The molecule has 2 aromatic heterocycles. The van der Waals surface area contributed by atoms with Gasteiger partial charge in [-0.25, -0.2) is 13.3 Å². The molecule has 6 rings (SSSR count). The number of anilines is 1. The molecule has 3 fully saturated rings. The Labute approximate surface area is 197 Å². The van der Waals surface area contributed by atoms with Crippen molar-refractivity contribution in [2.75, 3.05) is 37.6 Å². The van der Waals surface area contributed by atoms with Crippen molar-refractivity contribution in [2.24, 2.45) is 0 Å². The van der Waals surface area contributed by atoms with Crippen LogP contribution < -0.4 is 4.90 Å². The number of piperidine rings is 1. The summed E-state index contributed by atoms with van der Waals surface area (Å²) in [6, 6.07) is 7.77. The third-order valence-electron chi connectivity index (χ3n) is 7.76. The van der Waals surface area contributed by atoms with Gasteiger partial charge in [-0.2, -0.15) is 5.10 Å². The van der Waals surface area contributed by atoms with Gasteiger partial charge < -0.3 is 9.80 Å². The third-order valence-corrected chi connectivity index (χ3v) is 7.76. The lowest BCUT2D eigenvalue weighted by molar-refractivity contribution is 0.0374. The first-order valence-electron chi connectivity index (χ1n) is 12.3. The van der Waals surface area contributed by atoms with E-state index in [1.54, 1.807) is 10.7 Å². The second kappa shape index (κ2) is 8.65. The number of hydrogen-bond acceptors (Lipinski definition) is 4. The lowest BCUT2D eigenvalue weighted by Gasteiger charge is -2.44. The van der Waals surface area contributed by atoms with E-state index in [0.717, 1.165) is 69.3 Å². The average Bonchev–Trinajstić information content (AvgIpc) is 3.52. The largest absolute Gasteiger partial charge is 0.364 e. The molecule has 1 amide bonds. The number of carbonyl (C=O) groups is 1. The van der Waals surface area contributed by atoms with Crippen LogP contribution in [0.15, 0.2) is 42.7 Å². The highest BCUT2D eigenvalue weighted by atomic mass is 19.1. The van der Waals surface area contributed by atoms with Gasteiger partial charge in [0.1, 0.15) is 11.6 Å². The summed E-state index contributed by atoms with van der Waals surface area (Å²) in [7, 11) is 0. The van der Waals surface area contributed by atoms with Gasteiger partial charge in [0.2, 0.25) is 0 Å². The Hall–Kier alpha value is -3.00. The Balaban J connectivity index is 1.29. The summed E-state index contributed by atoms with van der Waals surface area (Å²) in [5.74, 6) is -0.798. The minimum atomic E-state index is -0.430. The van der Waals surface area contributed by atoms with E-state index < -0.39 is 5.82 Å². The second-order valence-corrected chi connectivity index (χ2v) is 9.73. The van der Waals surface area contributed by atoms with Gasteiger partial charge in [-0.15, -0.1) is 0 Å². The number of aromatic nitrogens is 2. The normalized spacial score (nSPS) is 23.5. The molecule has 6 nitrogen and oxygen atoms in total. The quantitative estimate of drug-likeness (QED) is 0.580. The standard InChI is InChI=1S/C26H29F2N5O/c27-18-6-7-23(28)21(14-18)24-5-3-10-32(24)19-8-11-33-25(15-19)22(16-29-33)26(34)31-13-12-30-9-2-1-4-20(30)17-31/h6-8,11,14-16,20,24H,1-5,9-10,12-13,17H2/t20?,24-/m1/s1. The van der Waals surface area contributed by atoms with Gasteiger partial charge >= 0.3 is 0 Å². The zero-order chi connectivity index (χ0) is 23.2. The minimum absolute atomic E-state index is 0.0199. The highest BCUT2D eigenvalue weighted by Crippen LogP contribution is 2.38. The van der Waals surface area contributed by atoms with E-state index in [4.69, 9.17) is 0 Å². The molecule has 0 saturated carbocycles. The fourth-order valence-corrected chi connectivity index (χ4v) is 5.99. The lowest BCUT2D eigenvalue weighted by Crippen LogP contribution is -2.56. The zero-order valence-electron chi connectivity index (χ0n) is 19.2. The smallest absolute Gasteiger partial charge is 0.257 e. The molecule has 5 heterocycles. The van der Waals surface area contributed by atoms with E-state index in [-0.39, 0.29) is 17.8 Å². The number of hydrogen-bond donors (Lipinski definition) is 0. The van der Waals surface area contributed by atoms with Gasteiger partial charge in [0, 0.05) is 49.7 Å². The molecule has 8 heteroatoms. The third kappa shape index (κ3) is 3.74. The number of halogens is 2. The van der Waals surface area contributed by atoms with Crippen molar-refractivity contribution in [2.45, 2.75) is 44.2 Å². The van der Waals surface area contributed by atoms with Crippen LogP contribution in [0.1, 0.15) is 54.1 Å². The van der Waals surface area contributed by atoms with Crippen molar-refractivity contribution < 1.29 is 13.6 Å². The van der Waals surface area contributed by atoms with Crippen LogP contribution >= 0.6 is 0 Å². The fourth-order valence-electron chi connectivity index (χ4n) is 5.99. The van der Waals surface area contributed by atoms with Crippen molar-refractivity contribution >= 4 is 17.1 Å². The number of pyridine rings is 1. The van der Waals surface area contributed by atoms with Crippen LogP contribution in [0, 0.1) is 11.6 Å². The molecule has 0 aliphatic carbocycles. The van der Waals surface area contributed by atoms with Gasteiger partial charge in [0.25, 0.3) is 5.91 Å². The molecule has 1 aromatic carbocycles. The predicted molar refractivity (Wildman–Crippen MR) is 126 cm³/mol. The maximum atomic E-state index is 14.5. The summed E-state index contributed by atoms with van der Waals surface area (Å²) >= 11 is 0. The Morgan fingerprint density at radius 2 is 1.88 bits per heavy atom. The van der Waals surface area contributed by atoms with Crippen LogP contribution in [-0.4, -0.2) is 64.1 Å². The lowest BCUT2D eigenvalue weighted by atomic mass is 9.99. The number of amides is 1. The molecular weight excluding hydrogens is 436 g/mol. The molecule has 178 valence electrons. The molecule has 3 saturated heterocycles. The van der Waals surface area contributed by atoms with Gasteiger partial charge in [0.05, 0.1) is 23.3 Å². The van der Waals surface area contributed by atoms with Crippen molar-refractivity contribution in [3.8, 4) is 0 Å². The summed E-state index contributed by atoms with van der Waals surface area (Å²) in [5, 5.41) is 4.42. The Morgan fingerprint density at radius 3 is 2.79 bits per heavy atom. The van der Waals surface area contributed by atoms with Gasteiger partial charge in [-0.1, -0.05) is 6.42 Å². The summed E-state index contributed by atoms with van der Waals surface area (Å²) in [6.45, 7) is 4.31. The minimum Gasteiger partial charge on any atom is -0.364 e. The molecule has 1 unspecified atom stereocenters. The number of piperazine rings is 1. The fraction of sp³-hybridized carbons (Fsp3) is 0.462. The molecule has 3 aromatic rings. The molecule has 0 bridgehead atoms. The molecule has 0 spiro atoms. The monoisotopic (exact) mass is 465 g/mol. The van der Waals surface area contributed by atoms with Crippen molar-refractivity contribution in [3.63, 3.8) is 0 Å². The van der Waals surface area contributed by atoms with E-state index in [2.05, 4.69) is 14.9 Å². The first kappa shape index (κ1) is 21.5. The molecule has 34 heavy (non-hydrogen) atoms. The first-order chi connectivity index (χ1) is 16.6. The van der Waals surface area contributed by atoms with E-state index in [1.807, 2.05) is 23.2 Å².